The molecule has 0 saturated carbocycles. The van der Waals surface area contributed by atoms with Gasteiger partial charge >= 0.3 is 0 Å². The molecule has 1 aliphatic rings. The fourth-order valence-electron chi connectivity index (χ4n) is 3.47. The van der Waals surface area contributed by atoms with Crippen molar-refractivity contribution in [3.05, 3.63) is 53.3 Å². The van der Waals surface area contributed by atoms with Gasteiger partial charge in [-0.25, -0.2) is 0 Å². The molecule has 2 aromatic rings. The molecule has 1 aromatic heterocycles. The summed E-state index contributed by atoms with van der Waals surface area (Å²) in [6, 6.07) is 8.78. The molecule has 1 fully saturated rings. The summed E-state index contributed by atoms with van der Waals surface area (Å²) in [5, 5.41) is 0. The van der Waals surface area contributed by atoms with Crippen molar-refractivity contribution < 1.29 is 19.1 Å². The number of ketones is 2. The van der Waals surface area contributed by atoms with Gasteiger partial charge < -0.3 is 14.2 Å². The van der Waals surface area contributed by atoms with Crippen LogP contribution in [0.5, 0.6) is 5.75 Å². The summed E-state index contributed by atoms with van der Waals surface area (Å²) >= 11 is 0. The zero-order valence-corrected chi connectivity index (χ0v) is 15.9. The number of likely N-dealkylation sites (tertiary alicyclic amines) is 1. The maximum absolute atomic E-state index is 12.8. The highest BCUT2D eigenvalue weighted by atomic mass is 16.5. The Labute approximate surface area is 158 Å². The van der Waals surface area contributed by atoms with Gasteiger partial charge in [-0.1, -0.05) is 0 Å². The van der Waals surface area contributed by atoms with Crippen molar-refractivity contribution in [2.45, 2.75) is 19.8 Å². The van der Waals surface area contributed by atoms with Gasteiger partial charge in [0.2, 0.25) is 0 Å². The van der Waals surface area contributed by atoms with Crippen LogP contribution in [0, 0.1) is 5.92 Å². The number of hydrogen-bond acceptors (Lipinski definition) is 4. The molecule has 1 amide bonds. The maximum atomic E-state index is 12.8. The second-order valence-electron chi connectivity index (χ2n) is 6.94. The second-order valence-corrected chi connectivity index (χ2v) is 6.94. The van der Waals surface area contributed by atoms with Crippen molar-refractivity contribution in [3.63, 3.8) is 0 Å². The minimum Gasteiger partial charge on any atom is -0.497 e. The van der Waals surface area contributed by atoms with Crippen LogP contribution < -0.4 is 4.74 Å². The Bertz CT molecular complexity index is 859. The summed E-state index contributed by atoms with van der Waals surface area (Å²) in [5.41, 5.74) is 1.71. The van der Waals surface area contributed by atoms with E-state index >= 15 is 0 Å². The molecule has 0 N–H and O–H groups in total. The zero-order chi connectivity index (χ0) is 19.6. The van der Waals surface area contributed by atoms with Crippen LogP contribution >= 0.6 is 0 Å². The van der Waals surface area contributed by atoms with Crippen molar-refractivity contribution in [2.24, 2.45) is 13.0 Å². The van der Waals surface area contributed by atoms with E-state index in [1.54, 1.807) is 60.2 Å². The summed E-state index contributed by atoms with van der Waals surface area (Å²) in [6.07, 6.45) is 2.96. The number of carbonyl (C=O) groups is 3. The van der Waals surface area contributed by atoms with Gasteiger partial charge in [0.05, 0.1) is 7.11 Å². The summed E-state index contributed by atoms with van der Waals surface area (Å²) in [6.45, 7) is 2.55. The Hall–Kier alpha value is -2.89. The average Bonchev–Trinajstić information content (AvgIpc) is 3.09. The number of hydrogen-bond donors (Lipinski definition) is 0. The molecule has 0 atom stereocenters. The number of aryl methyl sites for hydroxylation is 1. The second kappa shape index (κ2) is 7.78. The lowest BCUT2D eigenvalue weighted by Crippen LogP contribution is -2.40. The molecule has 1 saturated heterocycles. The maximum Gasteiger partial charge on any atom is 0.270 e. The van der Waals surface area contributed by atoms with Crippen LogP contribution in [0.3, 0.4) is 0 Å². The van der Waals surface area contributed by atoms with E-state index in [1.807, 2.05) is 0 Å². The van der Waals surface area contributed by atoms with Gasteiger partial charge in [0.1, 0.15) is 11.4 Å². The summed E-state index contributed by atoms with van der Waals surface area (Å²) in [5.74, 6) is 0.597. The Morgan fingerprint density at radius 2 is 1.67 bits per heavy atom. The van der Waals surface area contributed by atoms with E-state index in [4.69, 9.17) is 4.74 Å². The molecule has 0 radical (unpaired) electrons. The van der Waals surface area contributed by atoms with E-state index < -0.39 is 0 Å². The molecule has 1 aromatic carbocycles. The Kier molecular flexibility index (Phi) is 5.44. The van der Waals surface area contributed by atoms with Crippen LogP contribution in [0.2, 0.25) is 0 Å². The van der Waals surface area contributed by atoms with E-state index in [2.05, 4.69) is 0 Å². The van der Waals surface area contributed by atoms with Crippen LogP contribution in [-0.2, 0) is 7.05 Å². The molecule has 3 rings (SSSR count). The van der Waals surface area contributed by atoms with Crippen molar-refractivity contribution >= 4 is 17.5 Å². The first kappa shape index (κ1) is 18.9. The minimum absolute atomic E-state index is 0.0616. The predicted molar refractivity (Wildman–Crippen MR) is 101 cm³/mol. The third-order valence-electron chi connectivity index (χ3n) is 5.16. The van der Waals surface area contributed by atoms with E-state index in [0.29, 0.717) is 42.8 Å². The van der Waals surface area contributed by atoms with Gasteiger partial charge in [-0.15, -0.1) is 0 Å². The minimum atomic E-state index is -0.0969. The molecule has 27 heavy (non-hydrogen) atoms. The number of ether oxygens (including phenoxy) is 1. The Morgan fingerprint density at radius 1 is 1.04 bits per heavy atom. The Morgan fingerprint density at radius 3 is 2.19 bits per heavy atom. The van der Waals surface area contributed by atoms with Gasteiger partial charge in [0.15, 0.2) is 11.6 Å². The Balaban J connectivity index is 1.63. The average molecular weight is 368 g/mol. The van der Waals surface area contributed by atoms with E-state index in [0.717, 1.165) is 5.75 Å². The van der Waals surface area contributed by atoms with Gasteiger partial charge in [-0.2, -0.15) is 0 Å². The number of amides is 1. The highest BCUT2D eigenvalue weighted by Gasteiger charge is 2.29. The molecule has 0 unspecified atom stereocenters. The molecular weight excluding hydrogens is 344 g/mol. The van der Waals surface area contributed by atoms with Gasteiger partial charge in [-0.05, 0) is 50.1 Å². The van der Waals surface area contributed by atoms with Crippen LogP contribution in [0.25, 0.3) is 0 Å². The number of rotatable bonds is 5. The molecule has 2 heterocycles. The highest BCUT2D eigenvalue weighted by Crippen LogP contribution is 2.24. The molecule has 6 nitrogen and oxygen atoms in total. The van der Waals surface area contributed by atoms with E-state index in [-0.39, 0.29) is 23.4 Å². The summed E-state index contributed by atoms with van der Waals surface area (Å²) in [7, 11) is 3.36. The topological polar surface area (TPSA) is 68.6 Å². The van der Waals surface area contributed by atoms with Crippen LogP contribution in [0.4, 0.5) is 0 Å². The van der Waals surface area contributed by atoms with E-state index in [1.165, 1.54) is 6.92 Å². The quantitative estimate of drug-likeness (QED) is 0.761. The third-order valence-corrected chi connectivity index (χ3v) is 5.16. The molecular formula is C21H24N2O4. The van der Waals surface area contributed by atoms with Gasteiger partial charge in [0.25, 0.3) is 5.91 Å². The van der Waals surface area contributed by atoms with Crippen molar-refractivity contribution in [2.75, 3.05) is 20.2 Å². The molecule has 0 spiro atoms. The largest absolute Gasteiger partial charge is 0.497 e. The fraction of sp³-hybridized carbons (Fsp3) is 0.381. The molecule has 0 bridgehead atoms. The lowest BCUT2D eigenvalue weighted by Gasteiger charge is -2.31. The van der Waals surface area contributed by atoms with Crippen molar-refractivity contribution in [1.29, 1.82) is 0 Å². The fourth-order valence-corrected chi connectivity index (χ4v) is 3.47. The number of benzene rings is 1. The number of aromatic nitrogens is 1. The normalized spacial score (nSPS) is 14.9. The van der Waals surface area contributed by atoms with Crippen molar-refractivity contribution in [1.82, 2.24) is 9.47 Å². The zero-order valence-electron chi connectivity index (χ0n) is 15.9. The molecule has 1 aliphatic heterocycles. The van der Waals surface area contributed by atoms with E-state index in [9.17, 15) is 14.4 Å². The van der Waals surface area contributed by atoms with Crippen LogP contribution in [0.1, 0.15) is 51.0 Å². The lowest BCUT2D eigenvalue weighted by atomic mass is 9.88. The number of methoxy groups -OCH3 is 1. The SMILES string of the molecule is COc1ccc(C(=O)C2CCN(C(=O)c3cc(C(C)=O)cn3C)CC2)cc1. The first-order valence-electron chi connectivity index (χ1n) is 9.05. The molecule has 0 aliphatic carbocycles. The number of nitrogens with zero attached hydrogens (tertiary/aromatic N) is 2. The third kappa shape index (κ3) is 3.94. The predicted octanol–water partition coefficient (Wildman–Crippen LogP) is 2.97. The highest BCUT2D eigenvalue weighted by molar-refractivity contribution is 6.00. The summed E-state index contributed by atoms with van der Waals surface area (Å²) in [4.78, 5) is 38.7. The number of Topliss-reactive ketones (excluding diaryl/α,β-unsaturated/α-hetero) is 2. The monoisotopic (exact) mass is 368 g/mol. The van der Waals surface area contributed by atoms with Crippen LogP contribution in [-0.4, -0.2) is 47.1 Å². The lowest BCUT2D eigenvalue weighted by molar-refractivity contribution is 0.0642. The summed E-state index contributed by atoms with van der Waals surface area (Å²) < 4.78 is 6.81. The number of piperidine rings is 1. The smallest absolute Gasteiger partial charge is 0.270 e. The molecule has 6 heteroatoms. The first-order chi connectivity index (χ1) is 12.9. The first-order valence-corrected chi connectivity index (χ1v) is 9.05. The van der Waals surface area contributed by atoms with Gasteiger partial charge in [0, 0.05) is 43.4 Å². The number of carbonyl (C=O) groups excluding carboxylic acids is 3. The molecule has 142 valence electrons. The van der Waals surface area contributed by atoms with Crippen LogP contribution in [0.15, 0.2) is 36.5 Å². The standard InChI is InChI=1S/C21H24N2O4/c1-14(24)17-12-19(22(2)13-17)21(26)23-10-8-16(9-11-23)20(25)15-4-6-18(27-3)7-5-15/h4-7,12-13,16H,8-11H2,1-3H3. The van der Waals surface area contributed by atoms with Crippen molar-refractivity contribution in [3.8, 4) is 5.75 Å². The van der Waals surface area contributed by atoms with Gasteiger partial charge in [-0.3, -0.25) is 14.4 Å².